The van der Waals surface area contributed by atoms with Gasteiger partial charge in [-0.2, -0.15) is 13.2 Å². The van der Waals surface area contributed by atoms with E-state index in [4.69, 9.17) is 4.74 Å². The topological polar surface area (TPSA) is 42.4 Å². The molecule has 0 fully saturated rings. The van der Waals surface area contributed by atoms with Crippen LogP contribution in [0.25, 0.3) is 0 Å². The van der Waals surface area contributed by atoms with Crippen LogP contribution in [0.15, 0.2) is 48.7 Å². The van der Waals surface area contributed by atoms with Crippen molar-refractivity contribution in [2.75, 3.05) is 11.9 Å². The van der Waals surface area contributed by atoms with Gasteiger partial charge in [0, 0.05) is 25.0 Å². The van der Waals surface area contributed by atoms with Crippen molar-refractivity contribution in [1.82, 2.24) is 4.98 Å². The molecule has 4 nitrogen and oxygen atoms in total. The number of hydrogen-bond acceptors (Lipinski definition) is 3. The van der Waals surface area contributed by atoms with E-state index in [0.29, 0.717) is 11.8 Å². The summed E-state index contributed by atoms with van der Waals surface area (Å²) in [6.45, 7) is 0. The second-order valence-electron chi connectivity index (χ2n) is 4.14. The highest BCUT2D eigenvalue weighted by Gasteiger charge is 2.31. The van der Waals surface area contributed by atoms with Gasteiger partial charge in [-0.05, 0) is 18.2 Å². The summed E-state index contributed by atoms with van der Waals surface area (Å²) >= 11 is 0. The van der Waals surface area contributed by atoms with Crippen LogP contribution in [0.2, 0.25) is 0 Å². The molecule has 0 N–H and O–H groups in total. The van der Waals surface area contributed by atoms with E-state index >= 15 is 0 Å². The molecule has 0 aliphatic carbocycles. The summed E-state index contributed by atoms with van der Waals surface area (Å²) in [5.74, 6) is -0.405. The first kappa shape index (κ1) is 14.8. The number of carbonyl (C=O) groups excluding carboxylic acids is 1. The van der Waals surface area contributed by atoms with Gasteiger partial charge < -0.3 is 4.74 Å². The Balaban J connectivity index is 2.13. The number of anilines is 1. The lowest BCUT2D eigenvalue weighted by molar-refractivity contribution is -0.137. The minimum atomic E-state index is -4.52. The van der Waals surface area contributed by atoms with Gasteiger partial charge in [-0.15, -0.1) is 0 Å². The molecule has 0 saturated carbocycles. The Morgan fingerprint density at radius 1 is 1.19 bits per heavy atom. The Morgan fingerprint density at radius 2 is 1.86 bits per heavy atom. The van der Waals surface area contributed by atoms with E-state index in [0.717, 1.165) is 12.3 Å². The number of carbonyl (C=O) groups is 1. The van der Waals surface area contributed by atoms with Gasteiger partial charge in [0.2, 0.25) is 5.88 Å². The van der Waals surface area contributed by atoms with Crippen LogP contribution in [0, 0.1) is 0 Å². The van der Waals surface area contributed by atoms with Crippen molar-refractivity contribution in [1.29, 1.82) is 0 Å². The fraction of sp³-hybridized carbons (Fsp3) is 0.143. The van der Waals surface area contributed by atoms with Gasteiger partial charge >= 0.3 is 12.3 Å². The molecule has 0 aliphatic heterocycles. The second kappa shape index (κ2) is 5.82. The van der Waals surface area contributed by atoms with Crippen molar-refractivity contribution in [3.63, 3.8) is 0 Å². The van der Waals surface area contributed by atoms with Crippen molar-refractivity contribution in [3.8, 4) is 5.88 Å². The first-order valence-corrected chi connectivity index (χ1v) is 5.92. The summed E-state index contributed by atoms with van der Waals surface area (Å²) in [6, 6.07) is 10.0. The average Bonchev–Trinajstić information content (AvgIpc) is 2.47. The van der Waals surface area contributed by atoms with Gasteiger partial charge in [0.05, 0.1) is 5.56 Å². The van der Waals surface area contributed by atoms with Crippen LogP contribution in [0.5, 0.6) is 5.88 Å². The van der Waals surface area contributed by atoms with Gasteiger partial charge in [-0.1, -0.05) is 18.2 Å². The number of halogens is 3. The van der Waals surface area contributed by atoms with E-state index in [9.17, 15) is 18.0 Å². The highest BCUT2D eigenvalue weighted by molar-refractivity contribution is 5.88. The van der Waals surface area contributed by atoms with Crippen LogP contribution in [0.3, 0.4) is 0 Å². The molecule has 0 radical (unpaired) electrons. The quantitative estimate of drug-likeness (QED) is 0.848. The molecular weight excluding hydrogens is 285 g/mol. The third-order valence-electron chi connectivity index (χ3n) is 2.67. The van der Waals surface area contributed by atoms with Crippen LogP contribution in [-0.2, 0) is 6.18 Å². The zero-order valence-corrected chi connectivity index (χ0v) is 11.0. The van der Waals surface area contributed by atoms with E-state index in [1.807, 2.05) is 0 Å². The molecule has 0 bridgehead atoms. The Morgan fingerprint density at radius 3 is 2.48 bits per heavy atom. The van der Waals surface area contributed by atoms with Crippen LogP contribution in [0.1, 0.15) is 5.56 Å². The first-order valence-electron chi connectivity index (χ1n) is 5.92. The Kier molecular flexibility index (Phi) is 4.11. The lowest BCUT2D eigenvalue weighted by Crippen LogP contribution is -2.29. The SMILES string of the molecule is CN(C(=O)Oc1cc(C(F)(F)F)ccn1)c1ccccc1. The fourth-order valence-electron chi connectivity index (χ4n) is 1.56. The summed E-state index contributed by atoms with van der Waals surface area (Å²) in [5, 5.41) is 0. The van der Waals surface area contributed by atoms with Crippen LogP contribution >= 0.6 is 0 Å². The number of benzene rings is 1. The number of ether oxygens (including phenoxy) is 1. The minimum Gasteiger partial charge on any atom is -0.391 e. The number of nitrogens with zero attached hydrogens (tertiary/aromatic N) is 2. The summed E-state index contributed by atoms with van der Waals surface area (Å²) in [4.78, 5) is 16.6. The molecule has 0 unspecified atom stereocenters. The van der Waals surface area contributed by atoms with Crippen molar-refractivity contribution in [2.24, 2.45) is 0 Å². The number of aromatic nitrogens is 1. The monoisotopic (exact) mass is 296 g/mol. The predicted octanol–water partition coefficient (Wildman–Crippen LogP) is 3.74. The van der Waals surface area contributed by atoms with Gasteiger partial charge in [0.15, 0.2) is 0 Å². The number of alkyl halides is 3. The van der Waals surface area contributed by atoms with Crippen LogP contribution in [-0.4, -0.2) is 18.1 Å². The van der Waals surface area contributed by atoms with E-state index in [2.05, 4.69) is 4.98 Å². The summed E-state index contributed by atoms with van der Waals surface area (Å²) in [6.07, 6.45) is -4.41. The second-order valence-corrected chi connectivity index (χ2v) is 4.14. The number of amides is 1. The molecule has 0 atom stereocenters. The summed E-state index contributed by atoms with van der Waals surface area (Å²) < 4.78 is 42.5. The molecule has 7 heteroatoms. The van der Waals surface area contributed by atoms with Gasteiger partial charge in [-0.25, -0.2) is 9.78 Å². The highest BCUT2D eigenvalue weighted by Crippen LogP contribution is 2.30. The number of para-hydroxylation sites is 1. The van der Waals surface area contributed by atoms with E-state index < -0.39 is 23.7 Å². The Hall–Kier alpha value is -2.57. The molecular formula is C14H11F3N2O2. The maximum Gasteiger partial charge on any atom is 0.420 e. The molecule has 2 rings (SSSR count). The van der Waals surface area contributed by atoms with Crippen molar-refractivity contribution >= 4 is 11.8 Å². The lowest BCUT2D eigenvalue weighted by atomic mass is 10.2. The molecule has 0 spiro atoms. The molecule has 1 aromatic carbocycles. The Labute approximate surface area is 118 Å². The van der Waals surface area contributed by atoms with Crippen molar-refractivity contribution in [3.05, 3.63) is 54.2 Å². The number of rotatable bonds is 2. The van der Waals surface area contributed by atoms with Crippen molar-refractivity contribution in [2.45, 2.75) is 6.18 Å². The predicted molar refractivity (Wildman–Crippen MR) is 70.1 cm³/mol. The zero-order valence-electron chi connectivity index (χ0n) is 11.0. The van der Waals surface area contributed by atoms with E-state index in [-0.39, 0.29) is 0 Å². The maximum atomic E-state index is 12.6. The average molecular weight is 296 g/mol. The van der Waals surface area contributed by atoms with Crippen molar-refractivity contribution < 1.29 is 22.7 Å². The molecule has 110 valence electrons. The lowest BCUT2D eigenvalue weighted by Gasteiger charge is -2.16. The third-order valence-corrected chi connectivity index (χ3v) is 2.67. The van der Waals surface area contributed by atoms with E-state index in [1.54, 1.807) is 30.3 Å². The van der Waals surface area contributed by atoms with Crippen LogP contribution in [0.4, 0.5) is 23.7 Å². The fourth-order valence-corrected chi connectivity index (χ4v) is 1.56. The number of hydrogen-bond donors (Lipinski definition) is 0. The maximum absolute atomic E-state index is 12.6. The summed E-state index contributed by atoms with van der Waals surface area (Å²) in [7, 11) is 1.45. The zero-order chi connectivity index (χ0) is 15.5. The molecule has 2 aromatic rings. The largest absolute Gasteiger partial charge is 0.420 e. The van der Waals surface area contributed by atoms with Gasteiger partial charge in [0.25, 0.3) is 0 Å². The molecule has 1 heterocycles. The minimum absolute atomic E-state index is 0.405. The standard InChI is InChI=1S/C14H11F3N2O2/c1-19(11-5-3-2-4-6-11)13(20)21-12-9-10(7-8-18-12)14(15,16)17/h2-9H,1H3. The van der Waals surface area contributed by atoms with Gasteiger partial charge in [0.1, 0.15) is 0 Å². The molecule has 1 aromatic heterocycles. The highest BCUT2D eigenvalue weighted by atomic mass is 19.4. The molecule has 1 amide bonds. The first-order chi connectivity index (χ1) is 9.88. The smallest absolute Gasteiger partial charge is 0.391 e. The normalized spacial score (nSPS) is 11.0. The van der Waals surface area contributed by atoms with E-state index in [1.165, 1.54) is 11.9 Å². The molecule has 0 saturated heterocycles. The third kappa shape index (κ3) is 3.71. The number of pyridine rings is 1. The van der Waals surface area contributed by atoms with Crippen LogP contribution < -0.4 is 9.64 Å². The van der Waals surface area contributed by atoms with Gasteiger partial charge in [-0.3, -0.25) is 4.90 Å². The molecule has 0 aliphatic rings. The summed E-state index contributed by atoms with van der Waals surface area (Å²) in [5.41, 5.74) is -0.378. The molecule has 21 heavy (non-hydrogen) atoms. The Bertz CT molecular complexity index is 630.